The van der Waals surface area contributed by atoms with E-state index in [4.69, 9.17) is 16.7 Å². The van der Waals surface area contributed by atoms with E-state index in [1.807, 2.05) is 0 Å². The van der Waals surface area contributed by atoms with Crippen LogP contribution in [-0.4, -0.2) is 46.8 Å². The Morgan fingerprint density at radius 1 is 1.55 bits per heavy atom. The van der Waals surface area contributed by atoms with Gasteiger partial charge in [-0.05, 0) is 25.0 Å². The van der Waals surface area contributed by atoms with Crippen LogP contribution in [0.25, 0.3) is 0 Å². The molecule has 0 bridgehead atoms. The van der Waals surface area contributed by atoms with Crippen molar-refractivity contribution in [3.8, 4) is 0 Å². The molecule has 2 N–H and O–H groups in total. The van der Waals surface area contributed by atoms with Gasteiger partial charge in [0.1, 0.15) is 5.82 Å². The number of aliphatic hydroxyl groups excluding tert-OH is 2. The Labute approximate surface area is 121 Å². The van der Waals surface area contributed by atoms with Crippen LogP contribution in [0.5, 0.6) is 0 Å². The number of likely N-dealkylation sites (tertiary alicyclic amines) is 1. The summed E-state index contributed by atoms with van der Waals surface area (Å²) in [6, 6.07) is 2.73. The Bertz CT molecular complexity index is 523. The lowest BCUT2D eigenvalue weighted by Crippen LogP contribution is -2.47. The molecule has 110 valence electrons. The van der Waals surface area contributed by atoms with Gasteiger partial charge in [-0.15, -0.1) is 0 Å². The van der Waals surface area contributed by atoms with Gasteiger partial charge in [-0.3, -0.25) is 4.79 Å². The molecule has 4 nitrogen and oxygen atoms in total. The third kappa shape index (κ3) is 2.80. The molecule has 1 saturated heterocycles. The van der Waals surface area contributed by atoms with Gasteiger partial charge >= 0.3 is 0 Å². The third-order valence-electron chi connectivity index (χ3n) is 3.74. The van der Waals surface area contributed by atoms with Crippen molar-refractivity contribution in [2.24, 2.45) is 5.92 Å². The molecule has 1 aromatic carbocycles. The highest BCUT2D eigenvalue weighted by atomic mass is 35.5. The number of nitrogens with zero attached hydrogens (tertiary/aromatic N) is 1. The molecule has 1 heterocycles. The number of benzene rings is 1. The molecule has 1 aliphatic heterocycles. The van der Waals surface area contributed by atoms with Gasteiger partial charge in [0, 0.05) is 25.6 Å². The maximum Gasteiger partial charge on any atom is 0.258 e. The van der Waals surface area contributed by atoms with Crippen LogP contribution in [0, 0.1) is 18.7 Å². The number of β-amino-alcohol motifs (C(OH)–C–C–N with tert-alkyl or cyclic N) is 1. The van der Waals surface area contributed by atoms with Crippen LogP contribution in [0.1, 0.15) is 22.3 Å². The predicted octanol–water partition coefficient (Wildman–Crippen LogP) is 1.60. The van der Waals surface area contributed by atoms with Gasteiger partial charge in [0.25, 0.3) is 5.91 Å². The van der Waals surface area contributed by atoms with E-state index in [0.29, 0.717) is 18.5 Å². The topological polar surface area (TPSA) is 60.8 Å². The maximum atomic E-state index is 13.8. The van der Waals surface area contributed by atoms with Gasteiger partial charge in [0.05, 0.1) is 16.7 Å². The highest BCUT2D eigenvalue weighted by Gasteiger charge is 2.32. The molecule has 6 heteroatoms. The second-order valence-corrected chi connectivity index (χ2v) is 5.48. The zero-order valence-electron chi connectivity index (χ0n) is 11.1. The first-order chi connectivity index (χ1) is 9.45. The van der Waals surface area contributed by atoms with Crippen LogP contribution in [0.15, 0.2) is 12.1 Å². The largest absolute Gasteiger partial charge is 0.396 e. The molecule has 2 atom stereocenters. The molecule has 1 aromatic rings. The summed E-state index contributed by atoms with van der Waals surface area (Å²) in [5.74, 6) is -1.42. The van der Waals surface area contributed by atoms with Crippen molar-refractivity contribution >= 4 is 17.5 Å². The fraction of sp³-hybridized carbons (Fsp3) is 0.500. The lowest BCUT2D eigenvalue weighted by atomic mass is 9.94. The van der Waals surface area contributed by atoms with Crippen LogP contribution >= 0.6 is 11.6 Å². The van der Waals surface area contributed by atoms with E-state index in [9.17, 15) is 14.3 Å². The summed E-state index contributed by atoms with van der Waals surface area (Å²) in [4.78, 5) is 13.7. The third-order valence-corrected chi connectivity index (χ3v) is 4.23. The Balaban J connectivity index is 2.23. The summed E-state index contributed by atoms with van der Waals surface area (Å²) in [6.45, 7) is 2.02. The van der Waals surface area contributed by atoms with Gasteiger partial charge in [-0.2, -0.15) is 0 Å². The lowest BCUT2D eigenvalue weighted by molar-refractivity contribution is 0.000704. The summed E-state index contributed by atoms with van der Waals surface area (Å²) in [6.07, 6.45) is -0.321. The van der Waals surface area contributed by atoms with E-state index in [2.05, 4.69) is 0 Å². The van der Waals surface area contributed by atoms with Crippen molar-refractivity contribution in [2.45, 2.75) is 19.4 Å². The van der Waals surface area contributed by atoms with Crippen LogP contribution in [0.2, 0.25) is 5.02 Å². The van der Waals surface area contributed by atoms with Crippen LogP contribution in [0.4, 0.5) is 4.39 Å². The lowest BCUT2D eigenvalue weighted by Gasteiger charge is -2.35. The van der Waals surface area contributed by atoms with Gasteiger partial charge < -0.3 is 15.1 Å². The van der Waals surface area contributed by atoms with Crippen molar-refractivity contribution in [1.29, 1.82) is 0 Å². The number of amides is 1. The number of hydrogen-bond acceptors (Lipinski definition) is 3. The van der Waals surface area contributed by atoms with Crippen LogP contribution < -0.4 is 0 Å². The molecular weight excluding hydrogens is 285 g/mol. The molecule has 0 radical (unpaired) electrons. The van der Waals surface area contributed by atoms with Crippen molar-refractivity contribution < 1.29 is 19.4 Å². The molecule has 2 rings (SSSR count). The van der Waals surface area contributed by atoms with Gasteiger partial charge in [0.15, 0.2) is 0 Å². The normalized spacial score (nSPS) is 22.9. The molecule has 0 spiro atoms. The minimum Gasteiger partial charge on any atom is -0.396 e. The number of hydrogen-bond donors (Lipinski definition) is 2. The molecule has 0 aromatic heterocycles. The first-order valence-electron chi connectivity index (χ1n) is 6.48. The molecule has 1 aliphatic rings. The van der Waals surface area contributed by atoms with Gasteiger partial charge in [-0.25, -0.2) is 4.39 Å². The Hall–Kier alpha value is -1.17. The summed E-state index contributed by atoms with van der Waals surface area (Å²) in [7, 11) is 0. The molecule has 0 saturated carbocycles. The number of carbonyl (C=O) groups excluding carboxylic acids is 1. The number of rotatable bonds is 2. The molecule has 20 heavy (non-hydrogen) atoms. The maximum absolute atomic E-state index is 13.8. The minimum atomic E-state index is -0.802. The summed E-state index contributed by atoms with van der Waals surface area (Å²) < 4.78 is 13.8. The fourth-order valence-electron chi connectivity index (χ4n) is 2.39. The quantitative estimate of drug-likeness (QED) is 0.872. The van der Waals surface area contributed by atoms with Crippen molar-refractivity contribution in [3.63, 3.8) is 0 Å². The molecule has 1 fully saturated rings. The second kappa shape index (κ2) is 6.08. The van der Waals surface area contributed by atoms with E-state index in [-0.39, 0.29) is 29.7 Å². The Morgan fingerprint density at radius 3 is 2.85 bits per heavy atom. The smallest absolute Gasteiger partial charge is 0.258 e. The van der Waals surface area contributed by atoms with E-state index in [1.54, 1.807) is 6.92 Å². The molecular formula is C14H17ClFNO3. The Kier molecular flexibility index (Phi) is 4.62. The molecule has 1 amide bonds. The monoisotopic (exact) mass is 301 g/mol. The Morgan fingerprint density at radius 2 is 2.25 bits per heavy atom. The molecule has 0 aliphatic carbocycles. The predicted molar refractivity (Wildman–Crippen MR) is 73.3 cm³/mol. The van der Waals surface area contributed by atoms with Gasteiger partial charge in [-0.1, -0.05) is 17.7 Å². The summed E-state index contributed by atoms with van der Waals surface area (Å²) in [5.41, 5.74) is 0.475. The van der Waals surface area contributed by atoms with Crippen LogP contribution in [0.3, 0.4) is 0 Å². The van der Waals surface area contributed by atoms with Gasteiger partial charge in [0.2, 0.25) is 0 Å². The number of aryl methyl sites for hydroxylation is 1. The standard InChI is InChI=1S/C14H17ClFNO3/c1-8-2-3-10(16)12(13(8)15)14(20)17-5-4-9(7-18)11(19)6-17/h2-3,9,11,18-19H,4-7H2,1H3/t9-,11+/m1/s1. The SMILES string of the molecule is Cc1ccc(F)c(C(=O)N2CC[C@H](CO)[C@@H](O)C2)c1Cl. The number of aliphatic hydroxyl groups is 2. The zero-order valence-corrected chi connectivity index (χ0v) is 11.9. The van der Waals surface area contributed by atoms with E-state index >= 15 is 0 Å². The highest BCUT2D eigenvalue weighted by Crippen LogP contribution is 2.27. The number of halogens is 2. The van der Waals surface area contributed by atoms with Crippen molar-refractivity contribution in [3.05, 3.63) is 34.1 Å². The van der Waals surface area contributed by atoms with E-state index < -0.39 is 17.8 Å². The minimum absolute atomic E-state index is 0.0772. The average molecular weight is 302 g/mol. The number of piperidine rings is 1. The summed E-state index contributed by atoms with van der Waals surface area (Å²) >= 11 is 6.01. The fourth-order valence-corrected chi connectivity index (χ4v) is 2.62. The second-order valence-electron chi connectivity index (χ2n) is 5.10. The van der Waals surface area contributed by atoms with Crippen molar-refractivity contribution in [1.82, 2.24) is 4.90 Å². The van der Waals surface area contributed by atoms with Crippen molar-refractivity contribution in [2.75, 3.05) is 19.7 Å². The highest BCUT2D eigenvalue weighted by molar-refractivity contribution is 6.34. The zero-order chi connectivity index (χ0) is 14.9. The first kappa shape index (κ1) is 15.2. The molecule has 0 unspecified atom stereocenters. The first-order valence-corrected chi connectivity index (χ1v) is 6.86. The van der Waals surface area contributed by atoms with E-state index in [0.717, 1.165) is 0 Å². The van der Waals surface area contributed by atoms with Crippen LogP contribution in [-0.2, 0) is 0 Å². The average Bonchev–Trinajstić information content (AvgIpc) is 2.43. The van der Waals surface area contributed by atoms with E-state index in [1.165, 1.54) is 17.0 Å². The summed E-state index contributed by atoms with van der Waals surface area (Å²) in [5, 5.41) is 19.0. The number of carbonyl (C=O) groups is 1.